The van der Waals surface area contributed by atoms with Crippen molar-refractivity contribution in [1.82, 2.24) is 20.2 Å². The molecular formula is C17H22ClN5O. The molecule has 2 rings (SSSR count). The van der Waals surface area contributed by atoms with Crippen LogP contribution in [0.5, 0.6) is 0 Å². The maximum Gasteiger partial charge on any atom is 0.270 e. The Morgan fingerprint density at radius 2 is 1.92 bits per heavy atom. The van der Waals surface area contributed by atoms with Gasteiger partial charge in [-0.3, -0.25) is 4.79 Å². The highest BCUT2D eigenvalue weighted by Gasteiger charge is 2.10. The van der Waals surface area contributed by atoms with Gasteiger partial charge in [0.15, 0.2) is 0 Å². The molecule has 1 aromatic carbocycles. The molecule has 0 atom stereocenters. The first-order valence-electron chi connectivity index (χ1n) is 7.71. The predicted octanol–water partition coefficient (Wildman–Crippen LogP) is 2.34. The van der Waals surface area contributed by atoms with E-state index < -0.39 is 0 Å². The fourth-order valence-electron chi connectivity index (χ4n) is 2.03. The number of amides is 1. The number of aryl methyl sites for hydroxylation is 1. The average molecular weight is 348 g/mol. The molecule has 2 N–H and O–H groups in total. The molecule has 24 heavy (non-hydrogen) atoms. The topological polar surface area (TPSA) is 70.2 Å². The van der Waals surface area contributed by atoms with Crippen LogP contribution in [0, 0.1) is 6.92 Å². The summed E-state index contributed by atoms with van der Waals surface area (Å²) in [7, 11) is 3.99. The second-order valence-electron chi connectivity index (χ2n) is 5.76. The van der Waals surface area contributed by atoms with Gasteiger partial charge in [-0.25, -0.2) is 9.97 Å². The normalized spacial score (nSPS) is 10.7. The quantitative estimate of drug-likeness (QED) is 0.804. The van der Waals surface area contributed by atoms with Gasteiger partial charge in [0.05, 0.1) is 0 Å². The molecule has 0 unspecified atom stereocenters. The van der Waals surface area contributed by atoms with Gasteiger partial charge in [0.2, 0.25) is 5.95 Å². The minimum Gasteiger partial charge on any atom is -0.353 e. The fourth-order valence-corrected chi connectivity index (χ4v) is 2.16. The van der Waals surface area contributed by atoms with Gasteiger partial charge in [-0.05, 0) is 44.8 Å². The lowest BCUT2D eigenvalue weighted by Gasteiger charge is -2.11. The number of benzene rings is 1. The molecule has 6 nitrogen and oxygen atoms in total. The minimum absolute atomic E-state index is 0.230. The maximum atomic E-state index is 12.3. The van der Waals surface area contributed by atoms with Crippen LogP contribution in [0.15, 0.2) is 30.3 Å². The first-order chi connectivity index (χ1) is 11.4. The number of halogens is 1. The third-order valence-electron chi connectivity index (χ3n) is 3.30. The largest absolute Gasteiger partial charge is 0.353 e. The standard InChI is InChI=1S/C17H22ClN5O/c1-12-10-15(22-17(21-12)19-8-9-23(2)3)16(24)20-11-13-4-6-14(18)7-5-13/h4-7,10H,8-9,11H2,1-3H3,(H,20,24)(H,19,21,22). The fraction of sp³-hybridized carbons (Fsp3) is 0.353. The Balaban J connectivity index is 1.97. The molecule has 0 fully saturated rings. The van der Waals surface area contributed by atoms with E-state index in [0.717, 1.165) is 17.8 Å². The highest BCUT2D eigenvalue weighted by molar-refractivity contribution is 6.30. The van der Waals surface area contributed by atoms with E-state index in [1.807, 2.05) is 33.2 Å². The number of aromatic nitrogens is 2. The summed E-state index contributed by atoms with van der Waals surface area (Å²) in [6.45, 7) is 3.83. The van der Waals surface area contributed by atoms with E-state index in [4.69, 9.17) is 11.6 Å². The number of hydrogen-bond donors (Lipinski definition) is 2. The molecule has 2 aromatic rings. The molecule has 128 valence electrons. The van der Waals surface area contributed by atoms with Gasteiger partial charge in [0, 0.05) is 30.4 Å². The smallest absolute Gasteiger partial charge is 0.270 e. The van der Waals surface area contributed by atoms with Gasteiger partial charge in [-0.1, -0.05) is 23.7 Å². The third kappa shape index (κ3) is 5.79. The Bertz CT molecular complexity index is 688. The van der Waals surface area contributed by atoms with E-state index in [0.29, 0.717) is 29.8 Å². The molecule has 0 aliphatic heterocycles. The molecule has 1 aromatic heterocycles. The van der Waals surface area contributed by atoms with Crippen molar-refractivity contribution in [3.8, 4) is 0 Å². The van der Waals surface area contributed by atoms with Crippen molar-refractivity contribution in [1.29, 1.82) is 0 Å². The maximum absolute atomic E-state index is 12.3. The van der Waals surface area contributed by atoms with E-state index in [9.17, 15) is 4.79 Å². The molecule has 0 saturated carbocycles. The van der Waals surface area contributed by atoms with Crippen LogP contribution < -0.4 is 10.6 Å². The van der Waals surface area contributed by atoms with Gasteiger partial charge in [-0.15, -0.1) is 0 Å². The van der Waals surface area contributed by atoms with Gasteiger partial charge in [-0.2, -0.15) is 0 Å². The molecule has 1 heterocycles. The first kappa shape index (κ1) is 18.2. The van der Waals surface area contributed by atoms with Crippen molar-refractivity contribution >= 4 is 23.5 Å². The Hall–Kier alpha value is -2.18. The molecule has 0 aliphatic rings. The molecule has 7 heteroatoms. The van der Waals surface area contributed by atoms with Crippen molar-refractivity contribution in [2.45, 2.75) is 13.5 Å². The number of carbonyl (C=O) groups excluding carboxylic acids is 1. The van der Waals surface area contributed by atoms with Crippen LogP contribution in [0.25, 0.3) is 0 Å². The minimum atomic E-state index is -0.230. The second kappa shape index (κ2) is 8.61. The molecular weight excluding hydrogens is 326 g/mol. The van der Waals surface area contributed by atoms with Crippen molar-refractivity contribution in [2.24, 2.45) is 0 Å². The monoisotopic (exact) mass is 347 g/mol. The number of nitrogens with one attached hydrogen (secondary N) is 2. The molecule has 0 saturated heterocycles. The summed E-state index contributed by atoms with van der Waals surface area (Å²) in [6.07, 6.45) is 0. The number of rotatable bonds is 7. The zero-order valence-electron chi connectivity index (χ0n) is 14.1. The second-order valence-corrected chi connectivity index (χ2v) is 6.19. The lowest BCUT2D eigenvalue weighted by Crippen LogP contribution is -2.25. The zero-order chi connectivity index (χ0) is 17.5. The van der Waals surface area contributed by atoms with Crippen LogP contribution >= 0.6 is 11.6 Å². The number of carbonyl (C=O) groups is 1. The SMILES string of the molecule is Cc1cc(C(=O)NCc2ccc(Cl)cc2)nc(NCCN(C)C)n1. The number of nitrogens with zero attached hydrogens (tertiary/aromatic N) is 3. The number of likely N-dealkylation sites (N-methyl/N-ethyl adjacent to an activating group) is 1. The molecule has 0 aliphatic carbocycles. The summed E-state index contributed by atoms with van der Waals surface area (Å²) >= 11 is 5.85. The van der Waals surface area contributed by atoms with E-state index >= 15 is 0 Å². The van der Waals surface area contributed by atoms with Crippen LogP contribution in [0.3, 0.4) is 0 Å². The van der Waals surface area contributed by atoms with Crippen LogP contribution in [0.1, 0.15) is 21.7 Å². The van der Waals surface area contributed by atoms with Gasteiger partial charge < -0.3 is 15.5 Å². The zero-order valence-corrected chi connectivity index (χ0v) is 14.9. The third-order valence-corrected chi connectivity index (χ3v) is 3.55. The Morgan fingerprint density at radius 3 is 2.58 bits per heavy atom. The summed E-state index contributed by atoms with van der Waals surface area (Å²) in [6, 6.07) is 9.02. The van der Waals surface area contributed by atoms with Crippen LogP contribution in [0.4, 0.5) is 5.95 Å². The van der Waals surface area contributed by atoms with Gasteiger partial charge in [0.1, 0.15) is 5.69 Å². The summed E-state index contributed by atoms with van der Waals surface area (Å²) in [5, 5.41) is 6.66. The van der Waals surface area contributed by atoms with Crippen molar-refractivity contribution in [2.75, 3.05) is 32.5 Å². The van der Waals surface area contributed by atoms with Gasteiger partial charge >= 0.3 is 0 Å². The van der Waals surface area contributed by atoms with Gasteiger partial charge in [0.25, 0.3) is 5.91 Å². The highest BCUT2D eigenvalue weighted by atomic mass is 35.5. The Labute approximate surface area is 147 Å². The van der Waals surface area contributed by atoms with Crippen LogP contribution in [0.2, 0.25) is 5.02 Å². The molecule has 1 amide bonds. The first-order valence-corrected chi connectivity index (χ1v) is 8.09. The van der Waals surface area contributed by atoms with Crippen molar-refractivity contribution < 1.29 is 4.79 Å². The van der Waals surface area contributed by atoms with E-state index in [-0.39, 0.29) is 5.91 Å². The Morgan fingerprint density at radius 1 is 1.21 bits per heavy atom. The van der Waals surface area contributed by atoms with Crippen LogP contribution in [-0.4, -0.2) is 48.0 Å². The lowest BCUT2D eigenvalue weighted by atomic mass is 10.2. The summed E-state index contributed by atoms with van der Waals surface area (Å²) in [5.41, 5.74) is 2.07. The van der Waals surface area contributed by atoms with Crippen LogP contribution in [-0.2, 0) is 6.54 Å². The average Bonchev–Trinajstić information content (AvgIpc) is 2.53. The highest BCUT2D eigenvalue weighted by Crippen LogP contribution is 2.10. The molecule has 0 spiro atoms. The van der Waals surface area contributed by atoms with E-state index in [1.54, 1.807) is 18.2 Å². The van der Waals surface area contributed by atoms with Crippen molar-refractivity contribution in [3.05, 3.63) is 52.3 Å². The van der Waals surface area contributed by atoms with E-state index in [2.05, 4.69) is 25.5 Å². The molecule has 0 radical (unpaired) electrons. The number of hydrogen-bond acceptors (Lipinski definition) is 5. The summed E-state index contributed by atoms with van der Waals surface area (Å²) in [4.78, 5) is 23.0. The predicted molar refractivity (Wildman–Crippen MR) is 96.4 cm³/mol. The summed E-state index contributed by atoms with van der Waals surface area (Å²) in [5.74, 6) is 0.236. The van der Waals surface area contributed by atoms with Crippen molar-refractivity contribution in [3.63, 3.8) is 0 Å². The number of anilines is 1. The Kier molecular flexibility index (Phi) is 6.52. The summed E-state index contributed by atoms with van der Waals surface area (Å²) < 4.78 is 0. The van der Waals surface area contributed by atoms with E-state index in [1.165, 1.54) is 0 Å². The molecule has 0 bridgehead atoms. The lowest BCUT2D eigenvalue weighted by molar-refractivity contribution is 0.0945.